The van der Waals surface area contributed by atoms with Crippen molar-refractivity contribution in [1.82, 2.24) is 24.8 Å². The number of rotatable bonds is 4. The molecule has 1 aliphatic carbocycles. The second-order valence-corrected chi connectivity index (χ2v) is 6.69. The average molecular weight is 338 g/mol. The van der Waals surface area contributed by atoms with Crippen LogP contribution in [0.5, 0.6) is 0 Å². The van der Waals surface area contributed by atoms with Crippen LogP contribution < -0.4 is 5.32 Å². The minimum atomic E-state index is 0.0542. The van der Waals surface area contributed by atoms with Gasteiger partial charge in [-0.15, -0.1) is 0 Å². The maximum absolute atomic E-state index is 12.9. The molecule has 1 amide bonds. The molecule has 1 saturated heterocycles. The van der Waals surface area contributed by atoms with Crippen molar-refractivity contribution in [3.05, 3.63) is 36.5 Å². The van der Waals surface area contributed by atoms with Crippen molar-refractivity contribution in [2.75, 3.05) is 11.9 Å². The van der Waals surface area contributed by atoms with Gasteiger partial charge in [0.1, 0.15) is 0 Å². The van der Waals surface area contributed by atoms with Gasteiger partial charge in [-0.2, -0.15) is 0 Å². The molecule has 0 spiro atoms. The summed E-state index contributed by atoms with van der Waals surface area (Å²) in [7, 11) is 0. The summed E-state index contributed by atoms with van der Waals surface area (Å²) in [5.41, 5.74) is 0.894. The minimum Gasteiger partial charge on any atom is -0.334 e. The van der Waals surface area contributed by atoms with E-state index in [9.17, 15) is 4.79 Å². The molecule has 1 atom stereocenters. The van der Waals surface area contributed by atoms with E-state index in [2.05, 4.69) is 25.3 Å². The first kappa shape index (κ1) is 15.9. The van der Waals surface area contributed by atoms with Crippen molar-refractivity contribution in [2.24, 2.45) is 5.92 Å². The normalized spacial score (nSPS) is 20.8. The van der Waals surface area contributed by atoms with E-state index in [-0.39, 0.29) is 12.0 Å². The highest BCUT2D eigenvalue weighted by molar-refractivity contribution is 5.79. The molecule has 0 bridgehead atoms. The highest BCUT2D eigenvalue weighted by Crippen LogP contribution is 2.35. The summed E-state index contributed by atoms with van der Waals surface area (Å²) in [6.07, 6.45) is 13.0. The van der Waals surface area contributed by atoms with Crippen LogP contribution in [0.2, 0.25) is 0 Å². The Hall–Kier alpha value is -2.57. The van der Waals surface area contributed by atoms with Gasteiger partial charge in [-0.05, 0) is 31.7 Å². The first-order valence-electron chi connectivity index (χ1n) is 8.98. The van der Waals surface area contributed by atoms with Crippen LogP contribution in [0.15, 0.2) is 30.9 Å². The van der Waals surface area contributed by atoms with Crippen molar-refractivity contribution in [3.63, 3.8) is 0 Å². The lowest BCUT2D eigenvalue weighted by Crippen LogP contribution is -2.35. The molecular formula is C18H22N6O. The van der Waals surface area contributed by atoms with Crippen LogP contribution in [0.1, 0.15) is 50.3 Å². The molecular weight excluding hydrogens is 316 g/mol. The van der Waals surface area contributed by atoms with E-state index in [0.717, 1.165) is 37.9 Å². The van der Waals surface area contributed by atoms with Crippen LogP contribution in [-0.2, 0) is 4.79 Å². The molecule has 1 unspecified atom stereocenters. The van der Waals surface area contributed by atoms with Gasteiger partial charge in [0.2, 0.25) is 11.9 Å². The summed E-state index contributed by atoms with van der Waals surface area (Å²) in [6, 6.07) is 1.96. The molecule has 0 radical (unpaired) electrons. The van der Waals surface area contributed by atoms with Crippen LogP contribution in [0.3, 0.4) is 0 Å². The highest BCUT2D eigenvalue weighted by Gasteiger charge is 2.35. The van der Waals surface area contributed by atoms with Crippen molar-refractivity contribution in [1.29, 1.82) is 0 Å². The lowest BCUT2D eigenvalue weighted by molar-refractivity contribution is -0.136. The maximum atomic E-state index is 12.9. The van der Waals surface area contributed by atoms with Crippen LogP contribution >= 0.6 is 0 Å². The Morgan fingerprint density at radius 1 is 1.08 bits per heavy atom. The standard InChI is InChI=1S/C18H22N6O/c25-17(13-4-1-2-5-13)24-11-3-6-15(24)14-7-8-21-18(22-14)23-16-12-19-9-10-20-16/h7-10,12-13,15H,1-6,11H2,(H,20,21,22,23). The summed E-state index contributed by atoms with van der Waals surface area (Å²) in [6.45, 7) is 0.830. The molecule has 1 saturated carbocycles. The highest BCUT2D eigenvalue weighted by atomic mass is 16.2. The zero-order valence-corrected chi connectivity index (χ0v) is 14.1. The largest absolute Gasteiger partial charge is 0.334 e. The third kappa shape index (κ3) is 3.45. The summed E-state index contributed by atoms with van der Waals surface area (Å²) in [5, 5.41) is 3.07. The van der Waals surface area contributed by atoms with Gasteiger partial charge in [-0.3, -0.25) is 9.78 Å². The van der Waals surface area contributed by atoms with Crippen LogP contribution in [-0.4, -0.2) is 37.3 Å². The molecule has 130 valence electrons. The molecule has 2 aliphatic rings. The third-order valence-electron chi connectivity index (χ3n) is 5.06. The van der Waals surface area contributed by atoms with Crippen molar-refractivity contribution in [3.8, 4) is 0 Å². The Labute approximate surface area is 146 Å². The second kappa shape index (κ2) is 7.13. The number of hydrogen-bond donors (Lipinski definition) is 1. The SMILES string of the molecule is O=C(C1CCCC1)N1CCCC1c1ccnc(Nc2cnccn2)n1. The number of likely N-dealkylation sites (tertiary alicyclic amines) is 1. The monoisotopic (exact) mass is 338 g/mol. The summed E-state index contributed by atoms with van der Waals surface area (Å²) in [4.78, 5) is 32.0. The Morgan fingerprint density at radius 3 is 2.76 bits per heavy atom. The van der Waals surface area contributed by atoms with E-state index >= 15 is 0 Å². The van der Waals surface area contributed by atoms with Crippen LogP contribution in [0, 0.1) is 5.92 Å². The zero-order chi connectivity index (χ0) is 17.1. The van der Waals surface area contributed by atoms with Crippen molar-refractivity contribution < 1.29 is 4.79 Å². The van der Waals surface area contributed by atoms with Crippen LogP contribution in [0.25, 0.3) is 0 Å². The molecule has 25 heavy (non-hydrogen) atoms. The van der Waals surface area contributed by atoms with Gasteiger partial charge in [-0.1, -0.05) is 12.8 Å². The fourth-order valence-electron chi connectivity index (χ4n) is 3.84. The van der Waals surface area contributed by atoms with Crippen molar-refractivity contribution in [2.45, 2.75) is 44.6 Å². The second-order valence-electron chi connectivity index (χ2n) is 6.69. The Morgan fingerprint density at radius 2 is 1.96 bits per heavy atom. The predicted octanol–water partition coefficient (Wildman–Crippen LogP) is 2.86. The number of carbonyl (C=O) groups excluding carboxylic acids is 1. The van der Waals surface area contributed by atoms with E-state index in [0.29, 0.717) is 17.7 Å². The predicted molar refractivity (Wildman–Crippen MR) is 93.0 cm³/mol. The van der Waals surface area contributed by atoms with Gasteiger partial charge in [-0.25, -0.2) is 15.0 Å². The molecule has 1 N–H and O–H groups in total. The number of anilines is 2. The molecule has 2 fully saturated rings. The first-order chi connectivity index (χ1) is 12.3. The van der Waals surface area contributed by atoms with Gasteiger partial charge in [0.05, 0.1) is 17.9 Å². The third-order valence-corrected chi connectivity index (χ3v) is 5.06. The zero-order valence-electron chi connectivity index (χ0n) is 14.1. The molecule has 2 aromatic heterocycles. The van der Waals surface area contributed by atoms with Gasteiger partial charge in [0.25, 0.3) is 0 Å². The topological polar surface area (TPSA) is 83.9 Å². The van der Waals surface area contributed by atoms with E-state index < -0.39 is 0 Å². The van der Waals surface area contributed by atoms with E-state index in [1.165, 1.54) is 12.8 Å². The molecule has 7 heteroatoms. The molecule has 2 aromatic rings. The molecule has 7 nitrogen and oxygen atoms in total. The summed E-state index contributed by atoms with van der Waals surface area (Å²) < 4.78 is 0. The van der Waals surface area contributed by atoms with Crippen molar-refractivity contribution >= 4 is 17.7 Å². The lowest BCUT2D eigenvalue weighted by Gasteiger charge is -2.27. The van der Waals surface area contributed by atoms with Gasteiger partial charge in [0.15, 0.2) is 5.82 Å². The number of carbonyl (C=O) groups is 1. The minimum absolute atomic E-state index is 0.0542. The molecule has 4 rings (SSSR count). The number of nitrogens with zero attached hydrogens (tertiary/aromatic N) is 5. The molecule has 1 aliphatic heterocycles. The summed E-state index contributed by atoms with van der Waals surface area (Å²) in [5.74, 6) is 1.60. The Kier molecular flexibility index (Phi) is 4.54. The van der Waals surface area contributed by atoms with E-state index in [1.807, 2.05) is 11.0 Å². The number of hydrogen-bond acceptors (Lipinski definition) is 6. The van der Waals surface area contributed by atoms with Gasteiger partial charge < -0.3 is 10.2 Å². The Balaban J connectivity index is 1.52. The molecule has 3 heterocycles. The fraction of sp³-hybridized carbons (Fsp3) is 0.500. The number of amides is 1. The van der Waals surface area contributed by atoms with Gasteiger partial charge >= 0.3 is 0 Å². The quantitative estimate of drug-likeness (QED) is 0.923. The maximum Gasteiger partial charge on any atom is 0.228 e. The molecule has 0 aromatic carbocycles. The summed E-state index contributed by atoms with van der Waals surface area (Å²) >= 11 is 0. The fourth-order valence-corrected chi connectivity index (χ4v) is 3.84. The van der Waals surface area contributed by atoms with Gasteiger partial charge in [0, 0.05) is 31.1 Å². The van der Waals surface area contributed by atoms with E-state index in [4.69, 9.17) is 0 Å². The average Bonchev–Trinajstić information content (AvgIpc) is 3.34. The lowest BCUT2D eigenvalue weighted by atomic mass is 10.0. The Bertz CT molecular complexity index is 731. The number of nitrogens with one attached hydrogen (secondary N) is 1. The smallest absolute Gasteiger partial charge is 0.228 e. The first-order valence-corrected chi connectivity index (χ1v) is 8.98. The van der Waals surface area contributed by atoms with Crippen LogP contribution in [0.4, 0.5) is 11.8 Å². The number of aromatic nitrogens is 4. The van der Waals surface area contributed by atoms with E-state index in [1.54, 1.807) is 24.8 Å².